The number of rotatable bonds is 3. The highest BCUT2D eigenvalue weighted by molar-refractivity contribution is 6.35. The van der Waals surface area contributed by atoms with E-state index < -0.39 is 0 Å². The van der Waals surface area contributed by atoms with Crippen LogP contribution in [-0.4, -0.2) is 11.8 Å². The van der Waals surface area contributed by atoms with Crippen molar-refractivity contribution in [2.24, 2.45) is 0 Å². The summed E-state index contributed by atoms with van der Waals surface area (Å²) in [6.45, 7) is 0. The molecule has 1 N–H and O–H groups in total. The van der Waals surface area contributed by atoms with E-state index in [0.717, 1.165) is 5.57 Å². The van der Waals surface area contributed by atoms with Crippen molar-refractivity contribution in [3.63, 3.8) is 0 Å². The molecule has 1 aromatic carbocycles. The molecule has 0 saturated heterocycles. The molecule has 0 bridgehead atoms. The SMILES string of the molecule is O=C1C2=C(C=C/C2=C/NC2CCCCC2)C([O-])=C1c1ccccc1. The fourth-order valence-electron chi connectivity index (χ4n) is 3.76. The summed E-state index contributed by atoms with van der Waals surface area (Å²) in [6.07, 6.45) is 11.8. The number of carbonyl (C=O) groups excluding carboxylic acids is 1. The van der Waals surface area contributed by atoms with Gasteiger partial charge in [-0.25, -0.2) is 0 Å². The van der Waals surface area contributed by atoms with Crippen LogP contribution in [0.1, 0.15) is 37.7 Å². The molecule has 1 aromatic rings. The number of nitrogens with one attached hydrogen (secondary N) is 1. The minimum Gasteiger partial charge on any atom is -0.872 e. The van der Waals surface area contributed by atoms with Gasteiger partial charge in [-0.3, -0.25) is 4.79 Å². The van der Waals surface area contributed by atoms with Crippen molar-refractivity contribution < 1.29 is 9.90 Å². The third kappa shape index (κ3) is 2.50. The van der Waals surface area contributed by atoms with Gasteiger partial charge in [0.05, 0.1) is 0 Å². The molecular formula is C21H20NO2-. The second-order valence-electron chi connectivity index (χ2n) is 6.62. The van der Waals surface area contributed by atoms with E-state index in [1.54, 1.807) is 6.08 Å². The van der Waals surface area contributed by atoms with Crippen LogP contribution in [0.3, 0.4) is 0 Å². The van der Waals surface area contributed by atoms with Gasteiger partial charge in [0.25, 0.3) is 0 Å². The quantitative estimate of drug-likeness (QED) is 0.932. The zero-order chi connectivity index (χ0) is 16.5. The minimum atomic E-state index is -0.154. The lowest BCUT2D eigenvalue weighted by Gasteiger charge is -2.22. The highest BCUT2D eigenvalue weighted by Gasteiger charge is 2.31. The lowest BCUT2D eigenvalue weighted by Crippen LogP contribution is -2.27. The largest absolute Gasteiger partial charge is 0.872 e. The molecule has 0 atom stereocenters. The molecule has 4 rings (SSSR count). The zero-order valence-electron chi connectivity index (χ0n) is 13.5. The predicted molar refractivity (Wildman–Crippen MR) is 92.6 cm³/mol. The highest BCUT2D eigenvalue weighted by Crippen LogP contribution is 2.40. The molecule has 0 spiro atoms. The van der Waals surface area contributed by atoms with Crippen LogP contribution < -0.4 is 10.4 Å². The van der Waals surface area contributed by atoms with Crippen LogP contribution >= 0.6 is 0 Å². The van der Waals surface area contributed by atoms with E-state index in [-0.39, 0.29) is 11.5 Å². The normalized spacial score (nSPS) is 22.7. The Morgan fingerprint density at radius 2 is 1.75 bits per heavy atom. The fourth-order valence-corrected chi connectivity index (χ4v) is 3.76. The van der Waals surface area contributed by atoms with E-state index in [1.807, 2.05) is 42.6 Å². The van der Waals surface area contributed by atoms with Crippen LogP contribution in [0.25, 0.3) is 5.57 Å². The first-order valence-corrected chi connectivity index (χ1v) is 8.66. The van der Waals surface area contributed by atoms with E-state index in [2.05, 4.69) is 5.32 Å². The van der Waals surface area contributed by atoms with Crippen molar-refractivity contribution in [2.75, 3.05) is 0 Å². The molecule has 0 radical (unpaired) electrons. The van der Waals surface area contributed by atoms with E-state index >= 15 is 0 Å². The van der Waals surface area contributed by atoms with Crippen molar-refractivity contribution in [1.29, 1.82) is 0 Å². The molecule has 1 fully saturated rings. The van der Waals surface area contributed by atoms with Crippen molar-refractivity contribution in [2.45, 2.75) is 38.1 Å². The molecule has 122 valence electrons. The summed E-state index contributed by atoms with van der Waals surface area (Å²) in [6, 6.07) is 9.71. The van der Waals surface area contributed by atoms with Gasteiger partial charge in [0, 0.05) is 29.0 Å². The molecule has 0 aliphatic heterocycles. The lowest BCUT2D eigenvalue weighted by atomic mass is 9.95. The summed E-state index contributed by atoms with van der Waals surface area (Å²) in [5.41, 5.74) is 2.93. The molecule has 3 nitrogen and oxygen atoms in total. The number of ketones is 1. The number of hydrogen-bond acceptors (Lipinski definition) is 3. The number of Topliss-reactive ketones (excluding diaryl/α,β-unsaturated/α-hetero) is 1. The molecule has 3 heteroatoms. The smallest absolute Gasteiger partial charge is 0.194 e. The molecule has 3 aliphatic rings. The Bertz CT molecular complexity index is 790. The van der Waals surface area contributed by atoms with E-state index in [4.69, 9.17) is 0 Å². The third-order valence-electron chi connectivity index (χ3n) is 5.06. The maximum atomic E-state index is 12.8. The van der Waals surface area contributed by atoms with Gasteiger partial charge in [-0.1, -0.05) is 67.5 Å². The fraction of sp³-hybridized carbons (Fsp3) is 0.286. The summed E-state index contributed by atoms with van der Waals surface area (Å²) < 4.78 is 0. The Kier molecular flexibility index (Phi) is 3.85. The van der Waals surface area contributed by atoms with Gasteiger partial charge in [-0.15, -0.1) is 0 Å². The number of benzene rings is 1. The molecule has 1 saturated carbocycles. The van der Waals surface area contributed by atoms with E-state index in [1.165, 1.54) is 32.1 Å². The molecule has 0 amide bonds. The van der Waals surface area contributed by atoms with Gasteiger partial charge in [0.2, 0.25) is 0 Å². The van der Waals surface area contributed by atoms with Crippen molar-refractivity contribution in [3.05, 3.63) is 76.7 Å². The van der Waals surface area contributed by atoms with Crippen LogP contribution in [-0.2, 0) is 4.79 Å². The second kappa shape index (κ2) is 6.16. The summed E-state index contributed by atoms with van der Waals surface area (Å²) >= 11 is 0. The number of allylic oxidation sites excluding steroid dienone is 5. The molecule has 3 aliphatic carbocycles. The molecule has 0 unspecified atom stereocenters. The summed E-state index contributed by atoms with van der Waals surface area (Å²) in [5, 5.41) is 16.1. The Hall–Kier alpha value is -2.55. The summed E-state index contributed by atoms with van der Waals surface area (Å²) in [7, 11) is 0. The first-order valence-electron chi connectivity index (χ1n) is 8.66. The summed E-state index contributed by atoms with van der Waals surface area (Å²) in [5.74, 6) is -0.304. The predicted octanol–water partition coefficient (Wildman–Crippen LogP) is 3.01. The second-order valence-corrected chi connectivity index (χ2v) is 6.62. The molecule has 0 aromatic heterocycles. The van der Waals surface area contributed by atoms with Gasteiger partial charge in [-0.05, 0) is 24.0 Å². The van der Waals surface area contributed by atoms with Crippen molar-refractivity contribution in [1.82, 2.24) is 5.32 Å². The molecular weight excluding hydrogens is 298 g/mol. The van der Waals surface area contributed by atoms with Crippen molar-refractivity contribution >= 4 is 11.4 Å². The van der Waals surface area contributed by atoms with E-state index in [0.29, 0.717) is 28.3 Å². The topological polar surface area (TPSA) is 52.2 Å². The Labute approximate surface area is 142 Å². The maximum Gasteiger partial charge on any atom is 0.194 e. The average molecular weight is 318 g/mol. The average Bonchev–Trinajstić information content (AvgIpc) is 3.15. The number of hydrogen-bond donors (Lipinski definition) is 1. The van der Waals surface area contributed by atoms with Gasteiger partial charge in [-0.2, -0.15) is 0 Å². The molecule has 24 heavy (non-hydrogen) atoms. The Balaban J connectivity index is 1.59. The first-order chi connectivity index (χ1) is 11.8. The van der Waals surface area contributed by atoms with Crippen LogP contribution in [0.4, 0.5) is 0 Å². The Morgan fingerprint density at radius 3 is 2.50 bits per heavy atom. The summed E-state index contributed by atoms with van der Waals surface area (Å²) in [4.78, 5) is 12.8. The van der Waals surface area contributed by atoms with Gasteiger partial charge in [0.15, 0.2) is 5.78 Å². The number of carbonyl (C=O) groups is 1. The van der Waals surface area contributed by atoms with Gasteiger partial charge in [0.1, 0.15) is 0 Å². The minimum absolute atomic E-state index is 0.150. The monoisotopic (exact) mass is 318 g/mol. The van der Waals surface area contributed by atoms with Gasteiger partial charge >= 0.3 is 0 Å². The van der Waals surface area contributed by atoms with Crippen LogP contribution in [0.2, 0.25) is 0 Å². The maximum absolute atomic E-state index is 12.8. The van der Waals surface area contributed by atoms with Crippen molar-refractivity contribution in [3.8, 4) is 0 Å². The standard InChI is InChI=1S/C21H21NO2/c23-20-17-12-11-15(13-22-16-9-5-2-6-10-16)18(17)21(24)19(20)14-7-3-1-4-8-14/h1,3-4,7-8,11-13,16,22-23H,2,5-6,9-10H2/p-1/b15-13-. The Morgan fingerprint density at radius 1 is 1.00 bits per heavy atom. The van der Waals surface area contributed by atoms with Gasteiger partial charge < -0.3 is 10.4 Å². The zero-order valence-corrected chi connectivity index (χ0v) is 13.5. The van der Waals surface area contributed by atoms with Crippen LogP contribution in [0, 0.1) is 0 Å². The lowest BCUT2D eigenvalue weighted by molar-refractivity contribution is -0.294. The molecule has 0 heterocycles. The van der Waals surface area contributed by atoms with Crippen LogP contribution in [0.15, 0.2) is 71.2 Å². The van der Waals surface area contributed by atoms with E-state index in [9.17, 15) is 9.90 Å². The first kappa shape index (κ1) is 15.0. The van der Waals surface area contributed by atoms with Crippen LogP contribution in [0.5, 0.6) is 0 Å². The third-order valence-corrected chi connectivity index (χ3v) is 5.06. The highest BCUT2D eigenvalue weighted by atomic mass is 16.3.